The van der Waals surface area contributed by atoms with Crippen molar-refractivity contribution in [3.05, 3.63) is 0 Å². The van der Waals surface area contributed by atoms with Crippen LogP contribution in [-0.2, 0) is 4.74 Å². The first-order valence-electron chi connectivity index (χ1n) is 6.34. The molecule has 0 bridgehead atoms. The van der Waals surface area contributed by atoms with Crippen molar-refractivity contribution in [3.8, 4) is 0 Å². The van der Waals surface area contributed by atoms with Crippen molar-refractivity contribution in [2.24, 2.45) is 5.92 Å². The lowest BCUT2D eigenvalue weighted by atomic mass is 10.2. The molecular weight excluding hydrogens is 247 g/mol. The summed E-state index contributed by atoms with van der Waals surface area (Å²) in [6.45, 7) is 5.73. The average Bonchev–Trinajstić information content (AvgIpc) is 2.21. The maximum Gasteiger partial charge on any atom is 0.389 e. The Balaban J connectivity index is 3.27. The van der Waals surface area contributed by atoms with Crippen LogP contribution < -0.4 is 5.32 Å². The molecule has 0 aliphatic heterocycles. The Morgan fingerprint density at radius 1 is 1.17 bits per heavy atom. The third kappa shape index (κ3) is 13.7. The number of rotatable bonds is 10. The number of unbranched alkanes of at least 4 members (excludes halogenated alkanes) is 1. The lowest BCUT2D eigenvalue weighted by Gasteiger charge is -2.13. The molecule has 6 heteroatoms. The predicted molar refractivity (Wildman–Crippen MR) is 64.4 cm³/mol. The zero-order chi connectivity index (χ0) is 14.0. The van der Waals surface area contributed by atoms with Crippen LogP contribution in [0.1, 0.15) is 33.1 Å². The quantitative estimate of drug-likeness (QED) is 0.599. The smallest absolute Gasteiger partial charge is 0.389 e. The molecule has 0 saturated carbocycles. The average molecular weight is 271 g/mol. The largest absolute Gasteiger partial charge is 0.389 e. The van der Waals surface area contributed by atoms with Gasteiger partial charge in [0.1, 0.15) is 0 Å². The molecule has 0 aliphatic carbocycles. The number of ether oxygens (including phenoxy) is 1. The first kappa shape index (κ1) is 17.7. The van der Waals surface area contributed by atoms with Gasteiger partial charge in [-0.25, -0.2) is 0 Å². The number of aliphatic hydroxyl groups is 1. The fourth-order valence-corrected chi connectivity index (χ4v) is 1.34. The number of halogens is 3. The Morgan fingerprint density at radius 3 is 2.39 bits per heavy atom. The van der Waals surface area contributed by atoms with Crippen LogP contribution in [0.4, 0.5) is 13.2 Å². The molecule has 110 valence electrons. The number of nitrogens with one attached hydrogen (secondary N) is 1. The van der Waals surface area contributed by atoms with Crippen LogP contribution in [0.25, 0.3) is 0 Å². The Labute approximate surface area is 107 Å². The SMILES string of the molecule is CC(C)COCC(O)CNCCCCC(F)(F)F. The van der Waals surface area contributed by atoms with E-state index in [1.54, 1.807) is 0 Å². The molecule has 2 N–H and O–H groups in total. The molecule has 0 amide bonds. The molecule has 0 aromatic heterocycles. The summed E-state index contributed by atoms with van der Waals surface area (Å²) in [5.74, 6) is 0.424. The number of hydrogen-bond acceptors (Lipinski definition) is 3. The molecule has 3 nitrogen and oxygen atoms in total. The summed E-state index contributed by atoms with van der Waals surface area (Å²) in [6.07, 6.45) is -4.83. The monoisotopic (exact) mass is 271 g/mol. The van der Waals surface area contributed by atoms with Crippen molar-refractivity contribution in [1.29, 1.82) is 0 Å². The first-order valence-corrected chi connectivity index (χ1v) is 6.34. The number of aliphatic hydroxyl groups excluding tert-OH is 1. The van der Waals surface area contributed by atoms with Gasteiger partial charge in [-0.15, -0.1) is 0 Å². The first-order chi connectivity index (χ1) is 8.31. The number of alkyl halides is 3. The second kappa shape index (κ2) is 9.58. The molecule has 0 fully saturated rings. The molecular formula is C12H24F3NO2. The second-order valence-electron chi connectivity index (χ2n) is 4.86. The van der Waals surface area contributed by atoms with E-state index in [9.17, 15) is 18.3 Å². The van der Waals surface area contributed by atoms with Gasteiger partial charge in [-0.1, -0.05) is 13.8 Å². The molecule has 0 aliphatic rings. The van der Waals surface area contributed by atoms with Gasteiger partial charge in [0.25, 0.3) is 0 Å². The highest BCUT2D eigenvalue weighted by Crippen LogP contribution is 2.21. The summed E-state index contributed by atoms with van der Waals surface area (Å²) < 4.78 is 40.7. The zero-order valence-corrected chi connectivity index (χ0v) is 11.1. The Bertz CT molecular complexity index is 198. The van der Waals surface area contributed by atoms with Crippen LogP contribution in [0.15, 0.2) is 0 Å². The van der Waals surface area contributed by atoms with E-state index in [1.807, 2.05) is 13.8 Å². The summed E-state index contributed by atoms with van der Waals surface area (Å²) in [4.78, 5) is 0. The summed E-state index contributed by atoms with van der Waals surface area (Å²) in [7, 11) is 0. The van der Waals surface area contributed by atoms with E-state index >= 15 is 0 Å². The topological polar surface area (TPSA) is 41.5 Å². The Morgan fingerprint density at radius 2 is 1.83 bits per heavy atom. The molecule has 0 radical (unpaired) electrons. The fourth-order valence-electron chi connectivity index (χ4n) is 1.34. The van der Waals surface area contributed by atoms with Gasteiger partial charge < -0.3 is 15.2 Å². The van der Waals surface area contributed by atoms with E-state index in [2.05, 4.69) is 5.32 Å². The second-order valence-corrected chi connectivity index (χ2v) is 4.86. The van der Waals surface area contributed by atoms with Crippen molar-refractivity contribution in [2.45, 2.75) is 45.4 Å². The van der Waals surface area contributed by atoms with Gasteiger partial charge in [-0.3, -0.25) is 0 Å². The summed E-state index contributed by atoms with van der Waals surface area (Å²) >= 11 is 0. The van der Waals surface area contributed by atoms with Gasteiger partial charge in [0.05, 0.1) is 12.7 Å². The van der Waals surface area contributed by atoms with Crippen molar-refractivity contribution in [2.75, 3.05) is 26.3 Å². The third-order valence-electron chi connectivity index (χ3n) is 2.21. The highest BCUT2D eigenvalue weighted by atomic mass is 19.4. The molecule has 1 unspecified atom stereocenters. The maximum atomic E-state index is 11.8. The van der Waals surface area contributed by atoms with E-state index in [0.717, 1.165) is 0 Å². The van der Waals surface area contributed by atoms with Gasteiger partial charge >= 0.3 is 6.18 Å². The van der Waals surface area contributed by atoms with Crippen LogP contribution in [-0.4, -0.2) is 43.7 Å². The van der Waals surface area contributed by atoms with Gasteiger partial charge in [0, 0.05) is 19.6 Å². The fraction of sp³-hybridized carbons (Fsp3) is 1.00. The van der Waals surface area contributed by atoms with Crippen LogP contribution in [0.5, 0.6) is 0 Å². The highest BCUT2D eigenvalue weighted by Gasteiger charge is 2.25. The van der Waals surface area contributed by atoms with E-state index in [-0.39, 0.29) is 13.0 Å². The minimum Gasteiger partial charge on any atom is -0.389 e. The van der Waals surface area contributed by atoms with Crippen LogP contribution in [0.3, 0.4) is 0 Å². The summed E-state index contributed by atoms with van der Waals surface area (Å²) in [5, 5.41) is 12.4. The van der Waals surface area contributed by atoms with Gasteiger partial charge in [-0.05, 0) is 25.3 Å². The van der Waals surface area contributed by atoms with Crippen LogP contribution in [0.2, 0.25) is 0 Å². The number of hydrogen-bond donors (Lipinski definition) is 2. The normalized spacial score (nSPS) is 14.2. The van der Waals surface area contributed by atoms with Gasteiger partial charge in [-0.2, -0.15) is 13.2 Å². The Kier molecular flexibility index (Phi) is 9.40. The van der Waals surface area contributed by atoms with Crippen molar-refractivity contribution in [1.82, 2.24) is 5.32 Å². The molecule has 0 rings (SSSR count). The molecule has 18 heavy (non-hydrogen) atoms. The summed E-state index contributed by atoms with van der Waals surface area (Å²) in [6, 6.07) is 0. The van der Waals surface area contributed by atoms with E-state index in [1.165, 1.54) is 0 Å². The maximum absolute atomic E-state index is 11.8. The molecule has 0 aromatic rings. The standard InChI is InChI=1S/C12H24F3NO2/c1-10(2)8-18-9-11(17)7-16-6-4-3-5-12(13,14)15/h10-11,16-17H,3-9H2,1-2H3. The van der Waals surface area contributed by atoms with E-state index in [4.69, 9.17) is 4.74 Å². The minimum atomic E-state index is -4.07. The lowest BCUT2D eigenvalue weighted by Crippen LogP contribution is -2.31. The minimum absolute atomic E-state index is 0.121. The molecule has 0 heterocycles. The zero-order valence-electron chi connectivity index (χ0n) is 11.1. The molecule has 1 atom stereocenters. The Hall–Kier alpha value is -0.330. The van der Waals surface area contributed by atoms with Crippen molar-refractivity contribution >= 4 is 0 Å². The van der Waals surface area contributed by atoms with Crippen molar-refractivity contribution in [3.63, 3.8) is 0 Å². The molecule has 0 saturated heterocycles. The van der Waals surface area contributed by atoms with Gasteiger partial charge in [0.2, 0.25) is 0 Å². The lowest BCUT2D eigenvalue weighted by molar-refractivity contribution is -0.135. The van der Waals surface area contributed by atoms with E-state index in [0.29, 0.717) is 32.0 Å². The predicted octanol–water partition coefficient (Wildman–Crippen LogP) is 2.34. The van der Waals surface area contributed by atoms with Crippen molar-refractivity contribution < 1.29 is 23.0 Å². The summed E-state index contributed by atoms with van der Waals surface area (Å²) in [5.41, 5.74) is 0. The molecule has 0 aromatic carbocycles. The third-order valence-corrected chi connectivity index (χ3v) is 2.21. The van der Waals surface area contributed by atoms with Crippen LogP contribution >= 0.6 is 0 Å². The van der Waals surface area contributed by atoms with E-state index < -0.39 is 18.7 Å². The molecule has 0 spiro atoms. The highest BCUT2D eigenvalue weighted by molar-refractivity contribution is 4.59. The van der Waals surface area contributed by atoms with Gasteiger partial charge in [0.15, 0.2) is 0 Å². The van der Waals surface area contributed by atoms with Crippen LogP contribution in [0, 0.1) is 5.92 Å².